The number of aryl methyl sites for hydroxylation is 4. The number of nitrogens with one attached hydrogen (secondary N) is 4. The number of anilines is 2. The van der Waals surface area contributed by atoms with Crippen LogP contribution in [0.4, 0.5) is 11.4 Å². The summed E-state index contributed by atoms with van der Waals surface area (Å²) >= 11 is 0. The van der Waals surface area contributed by atoms with Crippen LogP contribution in [0.25, 0.3) is 21.9 Å². The molecular weight excluding hydrogens is 1050 g/mol. The fraction of sp³-hybridized carbons (Fsp3) is 0.364. The highest BCUT2D eigenvalue weighted by molar-refractivity contribution is 6.09. The summed E-state index contributed by atoms with van der Waals surface area (Å²) in [7, 11) is 2.75. The van der Waals surface area contributed by atoms with Crippen molar-refractivity contribution in [2.24, 2.45) is 0 Å². The number of pyridine rings is 1. The molecule has 8 unspecified atom stereocenters. The largest absolute Gasteiger partial charge is 0.479 e. The van der Waals surface area contributed by atoms with E-state index in [0.29, 0.717) is 11.4 Å². The Kier molecular flexibility index (Phi) is 15.1. The van der Waals surface area contributed by atoms with Gasteiger partial charge in [-0.1, -0.05) is 0 Å². The monoisotopic (exact) mass is 1110 g/mol. The average Bonchev–Trinajstić information content (AvgIpc) is 4.19. The maximum Gasteiger partial charge on any atom is 0.355 e. The first kappa shape index (κ1) is 56.1. The average molecular weight is 1110 g/mol. The Morgan fingerprint density at radius 2 is 0.988 bits per heavy atom. The van der Waals surface area contributed by atoms with Gasteiger partial charge in [0.1, 0.15) is 46.3 Å². The van der Waals surface area contributed by atoms with Crippen molar-refractivity contribution in [1.82, 2.24) is 15.0 Å². The van der Waals surface area contributed by atoms with E-state index in [1.165, 1.54) is 64.5 Å². The van der Waals surface area contributed by atoms with Gasteiger partial charge in [-0.05, 0) is 110 Å². The summed E-state index contributed by atoms with van der Waals surface area (Å²) in [5.74, 6) is -5.48. The van der Waals surface area contributed by atoms with Crippen LogP contribution in [0.15, 0.2) is 85.4 Å². The number of benzene rings is 2. The van der Waals surface area contributed by atoms with Crippen molar-refractivity contribution >= 4 is 57.1 Å². The molecule has 0 aliphatic carbocycles. The van der Waals surface area contributed by atoms with Crippen molar-refractivity contribution in [3.8, 4) is 23.4 Å². The Labute approximate surface area is 453 Å². The number of aromatic hydroxyl groups is 2. The van der Waals surface area contributed by atoms with E-state index >= 15 is 0 Å². The van der Waals surface area contributed by atoms with Gasteiger partial charge in [-0.3, -0.25) is 24.2 Å². The van der Waals surface area contributed by atoms with Crippen molar-refractivity contribution in [3.63, 3.8) is 0 Å². The summed E-state index contributed by atoms with van der Waals surface area (Å²) < 4.78 is 58.4. The Bertz CT molecular complexity index is 3470. The number of H-pyrrole nitrogens is 2. The lowest BCUT2D eigenvalue weighted by atomic mass is 9.89. The molecule has 8 atom stereocenters. The maximum atomic E-state index is 13.9. The first-order valence-electron chi connectivity index (χ1n) is 24.8. The molecule has 7 heterocycles. The molecule has 2 aliphatic heterocycles. The Hall–Kier alpha value is -8.59. The molecule has 0 spiro atoms. The van der Waals surface area contributed by atoms with E-state index in [-0.39, 0.29) is 67.1 Å². The minimum atomic E-state index is -1.59. The molecule has 7 aromatic rings. The van der Waals surface area contributed by atoms with Crippen molar-refractivity contribution in [2.45, 2.75) is 116 Å². The van der Waals surface area contributed by atoms with Gasteiger partial charge in [0.2, 0.25) is 23.4 Å². The first-order valence-corrected chi connectivity index (χ1v) is 24.8. The number of esters is 2. The number of aliphatic hydroxyl groups excluding tert-OH is 2. The van der Waals surface area contributed by atoms with Crippen LogP contribution in [0.1, 0.15) is 91.9 Å². The van der Waals surface area contributed by atoms with Gasteiger partial charge in [0.15, 0.2) is 35.8 Å². The number of hydrogen-bond donors (Lipinski definition) is 8. The highest BCUT2D eigenvalue weighted by atomic mass is 16.7. The summed E-state index contributed by atoms with van der Waals surface area (Å²) in [6.45, 7) is 13.1. The molecule has 2 aliphatic rings. The third-order valence-electron chi connectivity index (χ3n) is 13.8. The second kappa shape index (κ2) is 21.6. The molecule has 422 valence electrons. The van der Waals surface area contributed by atoms with Gasteiger partial charge in [-0.15, -0.1) is 0 Å². The molecule has 0 radical (unpaired) electrons. The number of ether oxygens (including phenoxy) is 8. The van der Waals surface area contributed by atoms with Crippen LogP contribution in [-0.4, -0.2) is 134 Å². The van der Waals surface area contributed by atoms with Crippen molar-refractivity contribution in [1.29, 1.82) is 0 Å². The van der Waals surface area contributed by atoms with E-state index in [1.807, 2.05) is 0 Å². The molecule has 80 heavy (non-hydrogen) atoms. The highest BCUT2D eigenvalue weighted by Crippen LogP contribution is 2.40. The summed E-state index contributed by atoms with van der Waals surface area (Å²) in [5.41, 5.74) is -4.31. The number of amides is 2. The number of methoxy groups -OCH3 is 2. The number of aromatic amines is 2. The fourth-order valence-electron chi connectivity index (χ4n) is 9.75. The zero-order chi connectivity index (χ0) is 57.9. The van der Waals surface area contributed by atoms with E-state index in [0.717, 1.165) is 18.5 Å². The van der Waals surface area contributed by atoms with Crippen LogP contribution in [0.5, 0.6) is 23.4 Å². The zero-order valence-corrected chi connectivity index (χ0v) is 44.7. The number of carbonyl (C=O) groups excluding carboxylic acids is 4. The van der Waals surface area contributed by atoms with Crippen LogP contribution in [0.3, 0.4) is 0 Å². The zero-order valence-electron chi connectivity index (χ0n) is 44.7. The minimum absolute atomic E-state index is 0.0426. The highest BCUT2D eigenvalue weighted by Gasteiger charge is 2.55. The van der Waals surface area contributed by atoms with Gasteiger partial charge in [0.05, 0.1) is 33.1 Å². The molecule has 0 bridgehead atoms. The molecule has 2 fully saturated rings. The van der Waals surface area contributed by atoms with Gasteiger partial charge < -0.3 is 87.8 Å². The lowest BCUT2D eigenvalue weighted by molar-refractivity contribution is -0.305. The normalized spacial score (nSPS) is 22.4. The van der Waals surface area contributed by atoms with Crippen LogP contribution < -0.4 is 31.0 Å². The fourth-order valence-corrected chi connectivity index (χ4v) is 9.75. The first-order chi connectivity index (χ1) is 37.8. The summed E-state index contributed by atoms with van der Waals surface area (Å²) in [5, 5.41) is 49.4. The second-order valence-electron chi connectivity index (χ2n) is 20.3. The molecule has 5 aromatic heterocycles. The van der Waals surface area contributed by atoms with Gasteiger partial charge in [0, 0.05) is 49.1 Å². The predicted octanol–water partition coefficient (Wildman–Crippen LogP) is 5.33. The molecule has 9 rings (SSSR count). The Morgan fingerprint density at radius 3 is 1.34 bits per heavy atom. The number of fused-ring (bicyclic) bond motifs is 2. The smallest absolute Gasteiger partial charge is 0.355 e. The quantitative estimate of drug-likeness (QED) is 0.0638. The molecule has 2 aromatic carbocycles. The van der Waals surface area contributed by atoms with Gasteiger partial charge >= 0.3 is 23.8 Å². The Balaban J connectivity index is 0.888. The number of nitrogens with zero attached hydrogens (tertiary/aromatic N) is 1. The Morgan fingerprint density at radius 1 is 0.600 bits per heavy atom. The lowest BCUT2D eigenvalue weighted by Gasteiger charge is -2.47. The van der Waals surface area contributed by atoms with Gasteiger partial charge in [-0.25, -0.2) is 9.59 Å². The molecule has 2 amide bonds. The molecule has 25 heteroatoms. The number of aromatic nitrogens is 3. The summed E-state index contributed by atoms with van der Waals surface area (Å²) in [4.78, 5) is 90.9. The van der Waals surface area contributed by atoms with E-state index in [9.17, 15) is 49.2 Å². The van der Waals surface area contributed by atoms with Crippen molar-refractivity contribution < 1.29 is 86.3 Å². The summed E-state index contributed by atoms with van der Waals surface area (Å²) in [6, 6.07) is 12.8. The maximum absolute atomic E-state index is 13.9. The molecule has 0 saturated carbocycles. The molecule has 25 nitrogen and oxygen atoms in total. The van der Waals surface area contributed by atoms with Crippen LogP contribution >= 0.6 is 0 Å². The second-order valence-corrected chi connectivity index (χ2v) is 20.3. The van der Waals surface area contributed by atoms with Crippen molar-refractivity contribution in [3.05, 3.63) is 132 Å². The standard InChI is InChI=1S/C55H57N5O20/c1-22-11-15-30(57-22)48(67)77-42-38(63)52(79-54(5,6)44(42)71-9)73-32-17-13-28-36(61)34(50(69)75-40(28)24(32)3)59-46(65)26-19-27(21-56-20-26)47(66)60-35-37(62)29-14-18-33(25(4)41(29)76-51(35)70)74-53-39(64)43(45(72-10)55(7,8)80-53)78-49(68)31-16-12-23(2)58-31/h11-21,38-39,42-45,52-53,57-58,63-64,69-70H,1-10H3,(H,59,65)(H,60,66). The summed E-state index contributed by atoms with van der Waals surface area (Å²) in [6.07, 6.45) is -8.41. The van der Waals surface area contributed by atoms with Crippen LogP contribution in [-0.2, 0) is 28.4 Å². The lowest BCUT2D eigenvalue weighted by Crippen LogP contribution is -2.65. The van der Waals surface area contributed by atoms with Crippen LogP contribution in [0, 0.1) is 27.7 Å². The third kappa shape index (κ3) is 10.6. The van der Waals surface area contributed by atoms with Gasteiger partial charge in [-0.2, -0.15) is 0 Å². The van der Waals surface area contributed by atoms with Crippen LogP contribution in [0.2, 0.25) is 0 Å². The topological polar surface area (TPSA) is 352 Å². The van der Waals surface area contributed by atoms with E-state index in [1.54, 1.807) is 53.7 Å². The molecular formula is C55H57N5O20. The van der Waals surface area contributed by atoms with E-state index in [4.69, 9.17) is 46.7 Å². The SMILES string of the molecule is COC1C(OC(=O)c2ccc(C)[nH]2)C(O)C(Oc2ccc3c(=O)c(NC(=O)c4cncc(C(=O)Nc5c(O)oc6c(C)c(OC7OC(C)(C)C(OC)C(OC(=O)c8ccc(C)[nH]8)C7O)ccc6c5=O)c4)c(O)oc3c2C)OC1(C)C. The van der Waals surface area contributed by atoms with E-state index < -0.39 is 118 Å². The predicted molar refractivity (Wildman–Crippen MR) is 280 cm³/mol. The number of hydrogen-bond acceptors (Lipinski definition) is 21. The number of carbonyl (C=O) groups is 4. The van der Waals surface area contributed by atoms with E-state index in [2.05, 4.69) is 25.6 Å². The van der Waals surface area contributed by atoms with Gasteiger partial charge in [0.25, 0.3) is 11.8 Å². The third-order valence-corrected chi connectivity index (χ3v) is 13.8. The molecule has 8 N–H and O–H groups in total. The number of rotatable bonds is 14. The number of aliphatic hydroxyl groups is 2. The minimum Gasteiger partial charge on any atom is -0.479 e. The molecule has 2 saturated heterocycles. The van der Waals surface area contributed by atoms with Crippen molar-refractivity contribution in [2.75, 3.05) is 24.9 Å².